The fourth-order valence-corrected chi connectivity index (χ4v) is 63.5. The molecule has 0 aromatic heterocycles. The molecule has 0 amide bonds. The van der Waals surface area contributed by atoms with Crippen LogP contribution in [0.4, 0.5) is 0 Å². The zero-order valence-electron chi connectivity index (χ0n) is 28.5. The van der Waals surface area contributed by atoms with Crippen LogP contribution in [0.3, 0.4) is 0 Å². The third-order valence-corrected chi connectivity index (χ3v) is 58.8. The van der Waals surface area contributed by atoms with Crippen molar-refractivity contribution in [3.8, 4) is 11.1 Å². The fourth-order valence-electron chi connectivity index (χ4n) is 10.1. The van der Waals surface area contributed by atoms with Crippen molar-refractivity contribution >= 4 is 28.8 Å². The van der Waals surface area contributed by atoms with Crippen molar-refractivity contribution in [3.63, 3.8) is 0 Å². The number of rotatable bonds is 6. The van der Waals surface area contributed by atoms with Crippen molar-refractivity contribution in [2.75, 3.05) is 0 Å². The minimum absolute atomic E-state index is 0.429. The Bertz CT molecular complexity index is 2040. The van der Waals surface area contributed by atoms with Gasteiger partial charge in [0.2, 0.25) is 0 Å². The predicted molar refractivity (Wildman–Crippen MR) is 203 cm³/mol. The molecule has 0 radical (unpaired) electrons. The van der Waals surface area contributed by atoms with Gasteiger partial charge in [0, 0.05) is 0 Å². The van der Waals surface area contributed by atoms with E-state index in [2.05, 4.69) is 174 Å². The molecule has 232 valence electrons. The van der Waals surface area contributed by atoms with Crippen LogP contribution in [0.25, 0.3) is 33.9 Å². The standard InChI is InChI=1S/C21H15.2C11H11.C2H7Si.Hf/c1-3-8-16(9-4-1)19-14-18-12-7-13-20(21(18)15-19)17-10-5-2-6-11-17;2*1-8-7-9(2)11-6-4-3-5-10(8)11;1-3-2;/h1-15H;2*3-6,8H,1-2H3;3H,1-2H3;. The third kappa shape index (κ3) is 4.47. The number of fused-ring (bicyclic) bond motifs is 3. The third-order valence-electron chi connectivity index (χ3n) is 11.8. The van der Waals surface area contributed by atoms with Crippen molar-refractivity contribution in [3.05, 3.63) is 173 Å². The molecule has 47 heavy (non-hydrogen) atoms. The number of hydrogen-bond acceptors (Lipinski definition) is 0. The summed E-state index contributed by atoms with van der Waals surface area (Å²) in [5, 5.41) is 0. The summed E-state index contributed by atoms with van der Waals surface area (Å²) in [5.41, 5.74) is 18.0. The number of allylic oxidation sites excluding steroid dienone is 5. The molecule has 0 nitrogen and oxygen atoms in total. The second-order valence-electron chi connectivity index (χ2n) is 14.3. The number of hydrogen-bond donors (Lipinski definition) is 0. The van der Waals surface area contributed by atoms with Crippen molar-refractivity contribution in [2.45, 2.75) is 56.3 Å². The van der Waals surface area contributed by atoms with Gasteiger partial charge in [-0.15, -0.1) is 0 Å². The average molecular weight is 791 g/mol. The quantitative estimate of drug-likeness (QED) is 0.150. The molecule has 3 aliphatic carbocycles. The minimum atomic E-state index is -3.94. The van der Waals surface area contributed by atoms with E-state index in [9.17, 15) is 0 Å². The van der Waals surface area contributed by atoms with Crippen LogP contribution in [0.1, 0.15) is 82.1 Å². The molecule has 0 heterocycles. The Morgan fingerprint density at radius 1 is 0.489 bits per heavy atom. The Labute approximate surface area is 286 Å². The van der Waals surface area contributed by atoms with Crippen LogP contribution in [0.2, 0.25) is 13.1 Å². The van der Waals surface area contributed by atoms with Gasteiger partial charge < -0.3 is 0 Å². The first-order valence-corrected chi connectivity index (χ1v) is 32.2. The monoisotopic (exact) mass is 792 g/mol. The van der Waals surface area contributed by atoms with E-state index in [4.69, 9.17) is 0 Å². The van der Waals surface area contributed by atoms with E-state index in [1.807, 2.05) is 6.66 Å². The molecule has 0 aliphatic heterocycles. The number of benzene rings is 5. The molecule has 0 bridgehead atoms. The topological polar surface area (TPSA) is 0 Å². The molecule has 8 rings (SSSR count). The summed E-state index contributed by atoms with van der Waals surface area (Å²) in [6.07, 6.45) is 2.63. The Morgan fingerprint density at radius 2 is 0.936 bits per heavy atom. The molecule has 3 unspecified atom stereocenters. The van der Waals surface area contributed by atoms with Crippen LogP contribution in [0, 0.1) is 0 Å². The first kappa shape index (κ1) is 30.7. The van der Waals surface area contributed by atoms with Crippen molar-refractivity contribution < 1.29 is 19.1 Å². The van der Waals surface area contributed by atoms with Gasteiger partial charge in [-0.3, -0.25) is 0 Å². The van der Waals surface area contributed by atoms with E-state index in [0.29, 0.717) is 15.5 Å². The molecule has 3 atom stereocenters. The van der Waals surface area contributed by atoms with E-state index < -0.39 is 25.1 Å². The average Bonchev–Trinajstić information content (AvgIpc) is 3.71. The molecule has 0 spiro atoms. The Balaban J connectivity index is 1.51. The zero-order chi connectivity index (χ0) is 32.4. The van der Waals surface area contributed by atoms with Gasteiger partial charge in [0.15, 0.2) is 0 Å². The molecule has 0 saturated carbocycles. The molecular weight excluding hydrogens is 747 g/mol. The zero-order valence-corrected chi connectivity index (χ0v) is 33.3. The van der Waals surface area contributed by atoms with Gasteiger partial charge in [-0.25, -0.2) is 0 Å². The summed E-state index contributed by atoms with van der Waals surface area (Å²) >= 11 is -3.94. The van der Waals surface area contributed by atoms with Gasteiger partial charge in [0.25, 0.3) is 0 Å². The van der Waals surface area contributed by atoms with Crippen LogP contribution >= 0.6 is 0 Å². The second-order valence-corrected chi connectivity index (χ2v) is 48.7. The van der Waals surface area contributed by atoms with Crippen molar-refractivity contribution in [1.29, 1.82) is 0 Å². The molecule has 0 saturated heterocycles. The molecule has 5 aromatic carbocycles. The summed E-state index contributed by atoms with van der Waals surface area (Å²) in [6.45, 7) is 15.6. The van der Waals surface area contributed by atoms with Crippen LogP contribution in [0.5, 0.6) is 0 Å². The first-order valence-electron chi connectivity index (χ1n) is 17.4. The van der Waals surface area contributed by atoms with Crippen LogP contribution in [-0.2, 0) is 19.1 Å². The first-order chi connectivity index (χ1) is 22.9. The van der Waals surface area contributed by atoms with E-state index in [1.54, 1.807) is 33.4 Å². The van der Waals surface area contributed by atoms with Crippen LogP contribution < -0.4 is 0 Å². The molecule has 3 aliphatic rings. The van der Waals surface area contributed by atoms with Gasteiger partial charge in [-0.2, -0.15) is 0 Å². The van der Waals surface area contributed by atoms with E-state index >= 15 is 0 Å². The van der Waals surface area contributed by atoms with E-state index in [-0.39, 0.29) is 0 Å². The van der Waals surface area contributed by atoms with Gasteiger partial charge >= 0.3 is 288 Å². The summed E-state index contributed by atoms with van der Waals surface area (Å²) in [4.78, 5) is 0. The van der Waals surface area contributed by atoms with Gasteiger partial charge in [0.1, 0.15) is 0 Å². The van der Waals surface area contributed by atoms with Crippen molar-refractivity contribution in [1.82, 2.24) is 0 Å². The SMILES string of the molecule is CC1=[C]([Hf]([C]2=C(C)c3ccccc3C2C)([CH]2C(c3ccccc3)=Cc3c(-c4ccccc4)cccc32)[SiH](C)C)C(C)c2ccccc21. The summed E-state index contributed by atoms with van der Waals surface area (Å²) in [6, 6.07) is 48.5. The van der Waals surface area contributed by atoms with Crippen LogP contribution in [-0.4, -0.2) is 5.98 Å². The molecular formula is C45H44HfSi. The molecule has 5 aromatic rings. The summed E-state index contributed by atoms with van der Waals surface area (Å²) in [5.74, 6) is -0.458. The molecule has 2 heteroatoms. The van der Waals surface area contributed by atoms with Crippen molar-refractivity contribution in [2.24, 2.45) is 0 Å². The maximum atomic E-state index is 2.75. The Hall–Kier alpha value is -3.59. The Kier molecular flexibility index (Phi) is 7.73. The van der Waals surface area contributed by atoms with E-state index in [0.717, 1.165) is 0 Å². The molecule has 0 fully saturated rings. The van der Waals surface area contributed by atoms with Gasteiger partial charge in [0.05, 0.1) is 0 Å². The second kappa shape index (κ2) is 11.8. The van der Waals surface area contributed by atoms with Gasteiger partial charge in [-0.05, 0) is 0 Å². The van der Waals surface area contributed by atoms with E-state index in [1.165, 1.54) is 33.4 Å². The summed E-state index contributed by atoms with van der Waals surface area (Å²) in [7, 11) is 0. The maximum absolute atomic E-state index is 3.94. The normalized spacial score (nSPS) is 21.1. The fraction of sp³-hybridized carbons (Fsp3) is 0.200. The molecule has 0 N–H and O–H groups in total. The predicted octanol–water partition coefficient (Wildman–Crippen LogP) is 12.2. The van der Waals surface area contributed by atoms with Crippen LogP contribution in [0.15, 0.2) is 134 Å². The van der Waals surface area contributed by atoms with Gasteiger partial charge in [-0.1, -0.05) is 0 Å². The Morgan fingerprint density at radius 3 is 1.45 bits per heavy atom. The summed E-state index contributed by atoms with van der Waals surface area (Å²) < 4.78 is 4.21.